The van der Waals surface area contributed by atoms with Gasteiger partial charge in [0.15, 0.2) is 18.2 Å². The zero-order valence-electron chi connectivity index (χ0n) is 11.2. The number of fused-ring (bicyclic) bond motifs is 1. The van der Waals surface area contributed by atoms with Crippen LogP contribution in [0.4, 0.5) is 0 Å². The maximum Gasteiger partial charge on any atom is 0.177 e. The zero-order chi connectivity index (χ0) is 15.1. The van der Waals surface area contributed by atoms with Crippen LogP contribution >= 0.6 is 0 Å². The molecule has 0 aromatic carbocycles. The molecule has 10 heteroatoms. The van der Waals surface area contributed by atoms with Crippen LogP contribution < -0.4 is 5.32 Å². The fourth-order valence-corrected chi connectivity index (χ4v) is 2.62. The molecule has 1 saturated heterocycles. The minimum Gasteiger partial charge on any atom is -0.394 e. The number of aliphatic imine (C=N–C) groups is 2. The summed E-state index contributed by atoms with van der Waals surface area (Å²) in [7, 11) is 1.68. The largest absolute Gasteiger partial charge is 0.394 e. The van der Waals surface area contributed by atoms with Gasteiger partial charge in [-0.2, -0.15) is 0 Å². The lowest BCUT2D eigenvalue weighted by Crippen LogP contribution is -2.53. The van der Waals surface area contributed by atoms with Crippen LogP contribution in [-0.4, -0.2) is 87.5 Å². The Morgan fingerprint density at radius 2 is 2.05 bits per heavy atom. The van der Waals surface area contributed by atoms with E-state index < -0.39 is 37.3 Å². The third-order valence-corrected chi connectivity index (χ3v) is 3.70. The lowest BCUT2D eigenvalue weighted by Gasteiger charge is -2.36. The fourth-order valence-electron chi connectivity index (χ4n) is 2.62. The number of nitrogens with one attached hydrogen (secondary N) is 1. The summed E-state index contributed by atoms with van der Waals surface area (Å²) in [4.78, 5) is 9.61. The number of nitrogens with zero attached hydrogens (tertiary/aromatic N) is 4. The Balaban J connectivity index is 1.87. The highest BCUT2D eigenvalue weighted by atomic mass is 16.6. The van der Waals surface area contributed by atoms with Crippen LogP contribution in [0.15, 0.2) is 21.5 Å². The van der Waals surface area contributed by atoms with Gasteiger partial charge in [0, 0.05) is 7.05 Å². The van der Waals surface area contributed by atoms with E-state index in [0.29, 0.717) is 11.5 Å². The van der Waals surface area contributed by atoms with Gasteiger partial charge in [0.25, 0.3) is 0 Å². The second-order valence-electron chi connectivity index (χ2n) is 4.90. The van der Waals surface area contributed by atoms with Crippen LogP contribution in [0.3, 0.4) is 0 Å². The molecule has 3 aliphatic heterocycles. The van der Waals surface area contributed by atoms with Crippen molar-refractivity contribution in [1.29, 1.82) is 0 Å². The third kappa shape index (κ3) is 2.08. The summed E-state index contributed by atoms with van der Waals surface area (Å²) in [6, 6.07) is 0. The van der Waals surface area contributed by atoms with Crippen LogP contribution in [-0.2, 0) is 4.74 Å². The van der Waals surface area contributed by atoms with Crippen molar-refractivity contribution in [3.8, 4) is 0 Å². The first-order valence-electron chi connectivity index (χ1n) is 6.46. The van der Waals surface area contributed by atoms with Crippen molar-refractivity contribution in [3.63, 3.8) is 0 Å². The first-order chi connectivity index (χ1) is 10.1. The molecule has 116 valence electrons. The molecule has 0 amide bonds. The van der Waals surface area contributed by atoms with Crippen molar-refractivity contribution in [1.82, 2.24) is 15.3 Å². The summed E-state index contributed by atoms with van der Waals surface area (Å²) in [5.74, 6) is 0.482. The Labute approximate surface area is 120 Å². The summed E-state index contributed by atoms with van der Waals surface area (Å²) >= 11 is 0. The Hall–Kier alpha value is -1.72. The van der Waals surface area contributed by atoms with Crippen molar-refractivity contribution >= 4 is 12.7 Å². The molecule has 0 radical (unpaired) electrons. The lowest BCUT2D eigenvalue weighted by molar-refractivity contribution is -0.136. The van der Waals surface area contributed by atoms with Gasteiger partial charge < -0.3 is 30.3 Å². The number of hydrogen-bond donors (Lipinski definition) is 5. The zero-order valence-corrected chi connectivity index (χ0v) is 11.2. The standard InChI is InChI=1S/C11H17N5O5/c1-12-9-6-10(16(20)4-14-9)15(3-13-6)11-8(19)7(18)5(2-17)21-11/h3-5,7-8,10-12,17-20H,2H2,1H3/t5-,7-,8-,10?,11-/m1/s1. The van der Waals surface area contributed by atoms with E-state index in [-0.39, 0.29) is 0 Å². The quantitative estimate of drug-likeness (QED) is 0.378. The molecular weight excluding hydrogens is 282 g/mol. The molecule has 0 aromatic heterocycles. The first kappa shape index (κ1) is 14.2. The van der Waals surface area contributed by atoms with Crippen LogP contribution in [0, 0.1) is 0 Å². The van der Waals surface area contributed by atoms with Crippen LogP contribution in [0.25, 0.3) is 0 Å². The fraction of sp³-hybridized carbons (Fsp3) is 0.636. The predicted octanol–water partition coefficient (Wildman–Crippen LogP) is -2.78. The number of ether oxygens (including phenoxy) is 1. The van der Waals surface area contributed by atoms with Gasteiger partial charge in [-0.15, -0.1) is 0 Å². The van der Waals surface area contributed by atoms with Crippen LogP contribution in [0.5, 0.6) is 0 Å². The number of hydroxylamine groups is 2. The van der Waals surface area contributed by atoms with Gasteiger partial charge in [0.2, 0.25) is 0 Å². The highest BCUT2D eigenvalue weighted by Crippen LogP contribution is 2.32. The molecule has 5 atom stereocenters. The summed E-state index contributed by atoms with van der Waals surface area (Å²) in [5, 5.41) is 42.6. The Morgan fingerprint density at radius 3 is 2.67 bits per heavy atom. The van der Waals surface area contributed by atoms with Gasteiger partial charge in [-0.05, 0) is 0 Å². The van der Waals surface area contributed by atoms with E-state index in [2.05, 4.69) is 15.3 Å². The van der Waals surface area contributed by atoms with Gasteiger partial charge in [-0.25, -0.2) is 15.0 Å². The molecule has 0 aromatic rings. The molecule has 10 nitrogen and oxygen atoms in total. The molecule has 3 aliphatic rings. The number of rotatable bonds is 3. The molecule has 1 fully saturated rings. The average molecular weight is 299 g/mol. The van der Waals surface area contributed by atoms with E-state index in [9.17, 15) is 15.4 Å². The van der Waals surface area contributed by atoms with E-state index in [4.69, 9.17) is 9.84 Å². The number of hydrogen-bond acceptors (Lipinski definition) is 10. The molecule has 0 aliphatic carbocycles. The van der Waals surface area contributed by atoms with Crippen molar-refractivity contribution in [3.05, 3.63) is 11.5 Å². The monoisotopic (exact) mass is 299 g/mol. The van der Waals surface area contributed by atoms with E-state index >= 15 is 0 Å². The van der Waals surface area contributed by atoms with Gasteiger partial charge in [0.05, 0.1) is 12.9 Å². The SMILES string of the molecule is CNC1=C2N=CN([C@@H]3O[C@H](CO)[C@@H](O)[C@H]3O)C2N(O)C=N1. The molecule has 1 unspecified atom stereocenters. The van der Waals surface area contributed by atoms with Crippen molar-refractivity contribution in [2.75, 3.05) is 13.7 Å². The average Bonchev–Trinajstić information content (AvgIpc) is 3.04. The summed E-state index contributed by atoms with van der Waals surface area (Å²) in [5.41, 5.74) is 0.459. The molecule has 3 heterocycles. The van der Waals surface area contributed by atoms with Crippen molar-refractivity contribution < 1.29 is 25.3 Å². The number of aliphatic hydroxyl groups excluding tert-OH is 3. The minimum atomic E-state index is -1.24. The number of aliphatic hydroxyl groups is 3. The maximum absolute atomic E-state index is 10.1. The molecule has 21 heavy (non-hydrogen) atoms. The molecule has 5 N–H and O–H groups in total. The summed E-state index contributed by atoms with van der Waals surface area (Å²) in [6.45, 7) is -0.418. The normalized spacial score (nSPS) is 38.4. The van der Waals surface area contributed by atoms with E-state index in [0.717, 1.165) is 5.06 Å². The summed E-state index contributed by atoms with van der Waals surface area (Å²) in [6.07, 6.45) is -2.40. The summed E-state index contributed by atoms with van der Waals surface area (Å²) < 4.78 is 5.44. The lowest BCUT2D eigenvalue weighted by atomic mass is 10.1. The predicted molar refractivity (Wildman–Crippen MR) is 70.1 cm³/mol. The highest BCUT2D eigenvalue weighted by Gasteiger charge is 2.49. The van der Waals surface area contributed by atoms with Gasteiger partial charge in [0.1, 0.15) is 30.3 Å². The van der Waals surface area contributed by atoms with Gasteiger partial charge >= 0.3 is 0 Å². The van der Waals surface area contributed by atoms with E-state index in [1.807, 2.05) is 0 Å². The molecular formula is C11H17N5O5. The molecule has 3 rings (SSSR count). The maximum atomic E-state index is 10.1. The van der Waals surface area contributed by atoms with Crippen molar-refractivity contribution in [2.24, 2.45) is 9.98 Å². The Bertz CT molecular complexity index is 509. The van der Waals surface area contributed by atoms with Gasteiger partial charge in [-0.1, -0.05) is 0 Å². The third-order valence-electron chi connectivity index (χ3n) is 3.70. The Morgan fingerprint density at radius 1 is 1.29 bits per heavy atom. The molecule has 0 spiro atoms. The topological polar surface area (TPSA) is 133 Å². The molecule has 0 saturated carbocycles. The molecule has 0 bridgehead atoms. The van der Waals surface area contributed by atoms with Gasteiger partial charge in [-0.3, -0.25) is 5.21 Å². The first-order valence-corrected chi connectivity index (χ1v) is 6.46. The van der Waals surface area contributed by atoms with E-state index in [1.165, 1.54) is 17.6 Å². The van der Waals surface area contributed by atoms with Crippen LogP contribution in [0.2, 0.25) is 0 Å². The Kier molecular flexibility index (Phi) is 3.55. The van der Waals surface area contributed by atoms with Crippen LogP contribution in [0.1, 0.15) is 0 Å². The smallest absolute Gasteiger partial charge is 0.177 e. The highest BCUT2D eigenvalue weighted by molar-refractivity contribution is 5.68. The van der Waals surface area contributed by atoms with Crippen molar-refractivity contribution in [2.45, 2.75) is 30.7 Å². The minimum absolute atomic E-state index is 0.418. The van der Waals surface area contributed by atoms with E-state index in [1.54, 1.807) is 7.05 Å². The second-order valence-corrected chi connectivity index (χ2v) is 4.90. The second kappa shape index (κ2) is 5.24.